The van der Waals surface area contributed by atoms with Gasteiger partial charge in [-0.3, -0.25) is 32.5 Å². The third kappa shape index (κ3) is 14.3. The maximum absolute atomic E-state index is 12.7. The van der Waals surface area contributed by atoms with Crippen LogP contribution < -0.4 is 21.7 Å². The van der Waals surface area contributed by atoms with Crippen molar-refractivity contribution in [2.24, 2.45) is 5.41 Å². The Balaban J connectivity index is 0.988. The van der Waals surface area contributed by atoms with Gasteiger partial charge in [0.25, 0.3) is 0 Å². The lowest BCUT2D eigenvalue weighted by molar-refractivity contribution is -0.137. The zero-order valence-corrected chi connectivity index (χ0v) is 37.1. The van der Waals surface area contributed by atoms with Crippen molar-refractivity contribution in [2.75, 3.05) is 50.1 Å². The number of aromatic nitrogens is 5. The quantitative estimate of drug-likeness (QED) is 0.0325. The number of hydrogen-bond acceptors (Lipinski definition) is 18. The first-order valence-corrected chi connectivity index (χ1v) is 24.5. The number of phosphoric acid groups is 3. The van der Waals surface area contributed by atoms with Gasteiger partial charge in [0.15, 0.2) is 17.7 Å². The molecule has 4 aromatic rings. The number of aromatic amines is 1. The number of amides is 3. The molecule has 30 heteroatoms. The molecule has 0 aliphatic carbocycles. The van der Waals surface area contributed by atoms with E-state index < -0.39 is 84.6 Å². The van der Waals surface area contributed by atoms with E-state index in [1.54, 1.807) is 0 Å². The number of benzene rings is 1. The van der Waals surface area contributed by atoms with Crippen molar-refractivity contribution in [3.63, 3.8) is 0 Å². The lowest BCUT2D eigenvalue weighted by Crippen LogP contribution is -2.46. The number of rotatable bonds is 24. The Morgan fingerprint density at radius 2 is 1.71 bits per heavy atom. The normalized spacial score (nSPS) is 20.6. The molecular weight excluding hydrogens is 919 g/mol. The van der Waals surface area contributed by atoms with E-state index in [1.165, 1.54) is 25.6 Å². The number of hydrogen-bond donors (Lipinski definition) is 11. The maximum atomic E-state index is 12.7. The molecule has 3 aromatic heterocycles. The molecule has 348 valence electrons. The molecule has 1 saturated heterocycles. The van der Waals surface area contributed by atoms with E-state index in [-0.39, 0.29) is 48.2 Å². The Morgan fingerprint density at radius 1 is 1.00 bits per heavy atom. The number of thioether (sulfide) groups is 1. The maximum Gasteiger partial charge on any atom is 0.481 e. The number of aliphatic hydroxyl groups is 2. The number of fused-ring (bicyclic) bond motifs is 2. The predicted octanol–water partition coefficient (Wildman–Crippen LogP) is -0.0217. The minimum absolute atomic E-state index is 0.0291. The standard InChI is InChI=1S/C33H48N9O17P3S/c1-33(2,28(46)31(47)37-10-8-23(43)36-11-12-63-15-24(44)35-9-7-19-13-38-21-6-4-3-5-20(19)21)16-56-62(53,54)59-61(51,52)55-14-22-27(58-60(48,49)50)26(45)32(57-22)42-18-41-25-29(34)39-17-40-30(25)42/h3-6,13,17-18,22,26-28,32,38,45-46H,7-12,14-16H2,1-2H3,(H,35,44)(H,36,43)(H,37,47)(H,51,52)(H,53,54)(H2,34,39,40)(H2,48,49,50)/t22-,26-,27-,28?,32-/m1/s1. The summed E-state index contributed by atoms with van der Waals surface area (Å²) in [6, 6.07) is 7.88. The average molecular weight is 968 g/mol. The van der Waals surface area contributed by atoms with Crippen molar-refractivity contribution >= 4 is 80.8 Å². The number of nitrogens with one attached hydrogen (secondary N) is 4. The van der Waals surface area contributed by atoms with Gasteiger partial charge in [-0.2, -0.15) is 16.1 Å². The number of nitrogens with two attached hydrogens (primary N) is 1. The Morgan fingerprint density at radius 3 is 2.46 bits per heavy atom. The van der Waals surface area contributed by atoms with E-state index in [0.717, 1.165) is 33.7 Å². The van der Waals surface area contributed by atoms with Crippen molar-refractivity contribution in [2.45, 2.75) is 57.3 Å². The van der Waals surface area contributed by atoms with Gasteiger partial charge in [-0.05, 0) is 18.1 Å². The van der Waals surface area contributed by atoms with Gasteiger partial charge < -0.3 is 61.2 Å². The largest absolute Gasteiger partial charge is 0.481 e. The molecule has 0 radical (unpaired) electrons. The van der Waals surface area contributed by atoms with E-state index in [0.29, 0.717) is 18.7 Å². The molecular formula is C33H48N9O17P3S. The zero-order valence-electron chi connectivity index (χ0n) is 33.6. The van der Waals surface area contributed by atoms with Crippen molar-refractivity contribution < 1.29 is 80.5 Å². The molecule has 1 aromatic carbocycles. The highest BCUT2D eigenvalue weighted by Gasteiger charge is 2.50. The van der Waals surface area contributed by atoms with Crippen LogP contribution in [0, 0.1) is 5.41 Å². The molecule has 1 aliphatic rings. The number of anilines is 1. The van der Waals surface area contributed by atoms with E-state index in [4.69, 9.17) is 19.5 Å². The molecule has 0 saturated carbocycles. The van der Waals surface area contributed by atoms with E-state index >= 15 is 0 Å². The lowest BCUT2D eigenvalue weighted by atomic mass is 9.87. The van der Waals surface area contributed by atoms with Crippen LogP contribution in [-0.4, -0.2) is 141 Å². The molecule has 1 aliphatic heterocycles. The first-order chi connectivity index (χ1) is 29.6. The van der Waals surface area contributed by atoms with E-state index in [9.17, 15) is 57.9 Å². The van der Waals surface area contributed by atoms with Crippen LogP contribution >= 0.6 is 35.2 Å². The van der Waals surface area contributed by atoms with Crippen LogP contribution in [0.2, 0.25) is 0 Å². The molecule has 0 bridgehead atoms. The van der Waals surface area contributed by atoms with Gasteiger partial charge in [-0.15, -0.1) is 0 Å². The first-order valence-electron chi connectivity index (χ1n) is 18.8. The highest BCUT2D eigenvalue weighted by Crippen LogP contribution is 2.61. The van der Waals surface area contributed by atoms with Gasteiger partial charge in [-0.25, -0.2) is 28.6 Å². The second kappa shape index (κ2) is 21.4. The fourth-order valence-electron chi connectivity index (χ4n) is 6.09. The monoisotopic (exact) mass is 967 g/mol. The first kappa shape index (κ1) is 50.1. The highest BCUT2D eigenvalue weighted by atomic mass is 32.2. The molecule has 12 N–H and O–H groups in total. The Bertz CT molecular complexity index is 2380. The molecule has 26 nitrogen and oxygen atoms in total. The van der Waals surface area contributed by atoms with Crippen molar-refractivity contribution in [1.82, 2.24) is 40.5 Å². The molecule has 1 fully saturated rings. The molecule has 5 rings (SSSR count). The molecule has 3 unspecified atom stereocenters. The number of aliphatic hydroxyl groups excluding tert-OH is 2. The lowest BCUT2D eigenvalue weighted by Gasteiger charge is -2.30. The van der Waals surface area contributed by atoms with E-state index in [2.05, 4.69) is 44.7 Å². The van der Waals surface area contributed by atoms with Crippen LogP contribution in [0.3, 0.4) is 0 Å². The van der Waals surface area contributed by atoms with Crippen LogP contribution in [-0.2, 0) is 57.1 Å². The van der Waals surface area contributed by atoms with Crippen LogP contribution in [0.25, 0.3) is 22.1 Å². The number of carbonyl (C=O) groups excluding carboxylic acids is 3. The van der Waals surface area contributed by atoms with Crippen LogP contribution in [0.15, 0.2) is 43.1 Å². The fraction of sp³-hybridized carbons (Fsp3) is 0.515. The predicted molar refractivity (Wildman–Crippen MR) is 222 cm³/mol. The van der Waals surface area contributed by atoms with Crippen LogP contribution in [0.5, 0.6) is 0 Å². The number of imidazole rings is 1. The Labute approximate surface area is 362 Å². The molecule has 7 atom stereocenters. The fourth-order valence-corrected chi connectivity index (χ4v) is 9.60. The highest BCUT2D eigenvalue weighted by molar-refractivity contribution is 7.99. The van der Waals surface area contributed by atoms with Gasteiger partial charge in [0.1, 0.15) is 36.3 Å². The summed E-state index contributed by atoms with van der Waals surface area (Å²) >= 11 is 1.33. The summed E-state index contributed by atoms with van der Waals surface area (Å²) in [5, 5.41) is 30.5. The van der Waals surface area contributed by atoms with E-state index in [1.807, 2.05) is 30.5 Å². The topological polar surface area (TPSA) is 391 Å². The molecule has 3 amide bonds. The summed E-state index contributed by atoms with van der Waals surface area (Å²) in [4.78, 5) is 91.4. The second-order valence-corrected chi connectivity index (χ2v) is 19.9. The minimum atomic E-state index is -5.58. The number of ether oxygens (including phenoxy) is 1. The number of para-hydroxylation sites is 1. The van der Waals surface area contributed by atoms with Gasteiger partial charge in [0.2, 0.25) is 17.7 Å². The molecule has 63 heavy (non-hydrogen) atoms. The summed E-state index contributed by atoms with van der Waals surface area (Å²) < 4.78 is 62.3. The van der Waals surface area contributed by atoms with Gasteiger partial charge in [0.05, 0.1) is 25.3 Å². The van der Waals surface area contributed by atoms with Gasteiger partial charge in [0, 0.05) is 54.3 Å². The summed E-state index contributed by atoms with van der Waals surface area (Å²) in [7, 11) is -16.4. The summed E-state index contributed by atoms with van der Waals surface area (Å²) in [6.07, 6.45) is -4.34. The SMILES string of the molecule is CC(C)(COP(=O)(O)OP(=O)(O)OC[C@H]1O[C@@H](n2cnc3c(N)ncnc32)[C@H](O)[C@@H]1OP(=O)(O)O)C(O)C(=O)NCCC(=O)NCCSCC(=O)NCCc1c[nH]c2ccccc12. The van der Waals surface area contributed by atoms with Crippen LogP contribution in [0.4, 0.5) is 5.82 Å². The number of nitrogens with zero attached hydrogens (tertiary/aromatic N) is 4. The van der Waals surface area contributed by atoms with Gasteiger partial charge in [-0.1, -0.05) is 32.0 Å². The van der Waals surface area contributed by atoms with Crippen molar-refractivity contribution in [3.8, 4) is 0 Å². The zero-order chi connectivity index (χ0) is 46.2. The average Bonchev–Trinajstić information content (AvgIpc) is 3.91. The summed E-state index contributed by atoms with van der Waals surface area (Å²) in [5.74, 6) is -0.932. The Hall–Kier alpha value is -3.88. The third-order valence-corrected chi connectivity index (χ3v) is 13.3. The second-order valence-electron chi connectivity index (χ2n) is 14.6. The van der Waals surface area contributed by atoms with Crippen LogP contribution in [0.1, 0.15) is 32.1 Å². The van der Waals surface area contributed by atoms with Gasteiger partial charge >= 0.3 is 23.5 Å². The van der Waals surface area contributed by atoms with Crippen molar-refractivity contribution in [3.05, 3.63) is 48.7 Å². The van der Waals surface area contributed by atoms with Crippen molar-refractivity contribution in [1.29, 1.82) is 0 Å². The number of nitrogen functional groups attached to an aromatic ring is 1. The smallest absolute Gasteiger partial charge is 0.386 e. The number of phosphoric ester groups is 3. The molecule has 4 heterocycles. The minimum Gasteiger partial charge on any atom is -0.386 e. The summed E-state index contributed by atoms with van der Waals surface area (Å²) in [5.41, 5.74) is 6.39. The number of H-pyrrole nitrogens is 1. The number of carbonyl (C=O) groups is 3. The Kier molecular flexibility index (Phi) is 17.0. The third-order valence-electron chi connectivity index (χ3n) is 9.27. The molecule has 0 spiro atoms. The summed E-state index contributed by atoms with van der Waals surface area (Å²) in [6.45, 7) is 1.02.